The summed E-state index contributed by atoms with van der Waals surface area (Å²) < 4.78 is 35.7. The Hall–Kier alpha value is -2.41. The smallest absolute Gasteiger partial charge is 0.331 e. The first-order valence-corrected chi connectivity index (χ1v) is 25.0. The molecule has 0 aromatic heterocycles. The first-order chi connectivity index (χ1) is 24.2. The summed E-state index contributed by atoms with van der Waals surface area (Å²) in [7, 11) is -6.01. The Morgan fingerprint density at radius 2 is 1.42 bits per heavy atom. The van der Waals surface area contributed by atoms with Gasteiger partial charge in [0.15, 0.2) is 8.32 Å². The zero-order valence-corrected chi connectivity index (χ0v) is 36.9. The molecule has 4 rings (SSSR count). The molecule has 2 atom stereocenters. The topological polar surface area (TPSA) is 65.1 Å². The molecule has 1 fully saturated rings. The Morgan fingerprint density at radius 3 is 1.92 bits per heavy atom. The van der Waals surface area contributed by atoms with E-state index in [4.69, 9.17) is 13.6 Å². The highest BCUT2D eigenvalue weighted by Gasteiger charge is 2.51. The SMILES string of the molecule is CCOC(=O)/C=C1/C=C2CN([S@](=O)C(C)(C)C)[C@H](CCO[Si](c3ccccc3)(c3ccccc3)C(C)(C)C)C2=C(CCO[Si](C)(C)C(C)(C)C)CC1. The van der Waals surface area contributed by atoms with Gasteiger partial charge in [-0.2, -0.15) is 0 Å². The van der Waals surface area contributed by atoms with Crippen LogP contribution in [0.5, 0.6) is 0 Å². The van der Waals surface area contributed by atoms with Gasteiger partial charge >= 0.3 is 5.97 Å². The molecule has 0 amide bonds. The van der Waals surface area contributed by atoms with Gasteiger partial charge in [-0.15, -0.1) is 0 Å². The van der Waals surface area contributed by atoms with Crippen molar-refractivity contribution in [2.24, 2.45) is 0 Å². The van der Waals surface area contributed by atoms with Crippen LogP contribution < -0.4 is 10.4 Å². The fourth-order valence-electron chi connectivity index (χ4n) is 7.29. The van der Waals surface area contributed by atoms with E-state index in [1.807, 2.05) is 6.92 Å². The molecule has 0 saturated carbocycles. The van der Waals surface area contributed by atoms with E-state index >= 15 is 0 Å². The lowest BCUT2D eigenvalue weighted by Crippen LogP contribution is -2.66. The Bertz CT molecular complexity index is 1610. The molecular formula is C43H65NO5SSi2. The predicted octanol–water partition coefficient (Wildman–Crippen LogP) is 9.02. The van der Waals surface area contributed by atoms with Crippen LogP contribution in [-0.4, -0.2) is 68.3 Å². The number of fused-ring (bicyclic) bond motifs is 1. The number of hydrogen-bond donors (Lipinski definition) is 0. The van der Waals surface area contributed by atoms with E-state index in [2.05, 4.69) is 146 Å². The molecule has 0 N–H and O–H groups in total. The summed E-state index contributed by atoms with van der Waals surface area (Å²) in [4.78, 5) is 12.7. The first kappa shape index (κ1) is 42.3. The second kappa shape index (κ2) is 16.9. The van der Waals surface area contributed by atoms with Crippen molar-refractivity contribution in [2.45, 2.75) is 129 Å². The lowest BCUT2D eigenvalue weighted by Gasteiger charge is -2.43. The van der Waals surface area contributed by atoms with Crippen LogP contribution in [-0.2, 0) is 29.4 Å². The maximum absolute atomic E-state index is 14.4. The highest BCUT2D eigenvalue weighted by Crippen LogP contribution is 2.43. The zero-order chi connectivity index (χ0) is 38.5. The molecule has 52 heavy (non-hydrogen) atoms. The summed E-state index contributed by atoms with van der Waals surface area (Å²) in [5.74, 6) is -0.316. The van der Waals surface area contributed by atoms with Crippen molar-refractivity contribution in [1.82, 2.24) is 4.31 Å². The van der Waals surface area contributed by atoms with E-state index in [1.165, 1.54) is 21.5 Å². The highest BCUT2D eigenvalue weighted by atomic mass is 32.2. The standard InChI is InChI=1S/C43H65NO5SSi2/c1-13-47-39(45)31-33-24-25-34(26-28-48-51(11,12)42(5,6)7)40-35(30-33)32-44(50(46)41(2,3)4)38(40)27-29-49-52(43(8,9)10,36-20-16-14-17-21-36)37-22-18-15-19-23-37/h14-23,30-31,38H,13,24-29,32H2,1-12H3/b33-31+/t38-,50-/m1/s1. The molecule has 0 unspecified atom stereocenters. The molecule has 9 heteroatoms. The van der Waals surface area contributed by atoms with Crippen molar-refractivity contribution >= 4 is 44.0 Å². The van der Waals surface area contributed by atoms with E-state index in [-0.39, 0.29) is 22.1 Å². The molecule has 1 saturated heterocycles. The minimum absolute atomic E-state index is 0.102. The molecule has 2 aromatic rings. The highest BCUT2D eigenvalue weighted by molar-refractivity contribution is 7.84. The summed E-state index contributed by atoms with van der Waals surface area (Å²) in [6.07, 6.45) is 6.87. The van der Waals surface area contributed by atoms with Crippen LogP contribution in [0.3, 0.4) is 0 Å². The Balaban J connectivity index is 1.80. The van der Waals surface area contributed by atoms with Gasteiger partial charge in [-0.3, -0.25) is 0 Å². The quantitative estimate of drug-likeness (QED) is 0.116. The Morgan fingerprint density at radius 1 is 0.846 bits per heavy atom. The number of ether oxygens (including phenoxy) is 1. The van der Waals surface area contributed by atoms with Gasteiger partial charge < -0.3 is 13.6 Å². The molecule has 0 spiro atoms. The average molecular weight is 764 g/mol. The van der Waals surface area contributed by atoms with Crippen molar-refractivity contribution in [2.75, 3.05) is 26.4 Å². The molecule has 1 aliphatic heterocycles. The Kier molecular flexibility index (Phi) is 13.8. The van der Waals surface area contributed by atoms with Crippen molar-refractivity contribution in [1.29, 1.82) is 0 Å². The third kappa shape index (κ3) is 9.63. The summed E-state index contributed by atoms with van der Waals surface area (Å²) in [6.45, 7) is 28.4. The molecule has 0 bridgehead atoms. The second-order valence-electron chi connectivity index (χ2n) is 17.8. The maximum atomic E-state index is 14.4. The molecule has 2 aliphatic rings. The lowest BCUT2D eigenvalue weighted by molar-refractivity contribution is -0.137. The normalized spacial score (nSPS) is 19.3. The van der Waals surface area contributed by atoms with Crippen molar-refractivity contribution in [3.63, 3.8) is 0 Å². The van der Waals surface area contributed by atoms with Crippen molar-refractivity contribution in [3.8, 4) is 0 Å². The van der Waals surface area contributed by atoms with E-state index in [0.717, 1.165) is 30.4 Å². The number of allylic oxidation sites excluding steroid dienone is 2. The van der Waals surface area contributed by atoms with Gasteiger partial charge in [0.05, 0.1) is 17.4 Å². The van der Waals surface area contributed by atoms with Gasteiger partial charge in [0.1, 0.15) is 11.0 Å². The predicted molar refractivity (Wildman–Crippen MR) is 223 cm³/mol. The summed E-state index contributed by atoms with van der Waals surface area (Å²) in [5, 5.41) is 2.47. The van der Waals surface area contributed by atoms with Crippen LogP contribution >= 0.6 is 0 Å². The molecular weight excluding hydrogens is 699 g/mol. The second-order valence-corrected chi connectivity index (χ2v) is 29.1. The fraction of sp³-hybridized carbons (Fsp3) is 0.558. The minimum atomic E-state index is -2.78. The van der Waals surface area contributed by atoms with Crippen LogP contribution in [0.2, 0.25) is 23.2 Å². The first-order valence-electron chi connectivity index (χ1n) is 19.1. The number of carbonyl (C=O) groups excluding carboxylic acids is 1. The van der Waals surface area contributed by atoms with E-state index < -0.39 is 32.4 Å². The summed E-state index contributed by atoms with van der Waals surface area (Å²) >= 11 is 0. The third-order valence-corrected chi connectivity index (χ3v) is 22.4. The van der Waals surface area contributed by atoms with Gasteiger partial charge in [-0.05, 0) is 104 Å². The third-order valence-electron chi connectivity index (χ3n) is 10.9. The van der Waals surface area contributed by atoms with E-state index in [0.29, 0.717) is 32.8 Å². The van der Waals surface area contributed by atoms with Gasteiger partial charge in [0, 0.05) is 25.8 Å². The van der Waals surface area contributed by atoms with Crippen LogP contribution in [0.25, 0.3) is 0 Å². The monoisotopic (exact) mass is 763 g/mol. The molecule has 6 nitrogen and oxygen atoms in total. The van der Waals surface area contributed by atoms with Crippen LogP contribution in [0.4, 0.5) is 0 Å². The number of esters is 1. The van der Waals surface area contributed by atoms with E-state index in [1.54, 1.807) is 6.08 Å². The molecule has 1 heterocycles. The molecule has 1 aliphatic carbocycles. The fourth-order valence-corrected chi connectivity index (χ4v) is 14.3. The number of hydrogen-bond acceptors (Lipinski definition) is 5. The number of carbonyl (C=O) groups is 1. The Labute approximate surface area is 320 Å². The maximum Gasteiger partial charge on any atom is 0.331 e. The lowest BCUT2D eigenvalue weighted by atomic mass is 9.93. The van der Waals surface area contributed by atoms with Crippen molar-refractivity contribution in [3.05, 3.63) is 95.1 Å². The van der Waals surface area contributed by atoms with Crippen LogP contribution in [0.1, 0.15) is 94.9 Å². The largest absolute Gasteiger partial charge is 0.463 e. The van der Waals surface area contributed by atoms with Gasteiger partial charge in [-0.25, -0.2) is 13.3 Å². The number of rotatable bonds is 13. The number of benzene rings is 2. The number of nitrogens with zero attached hydrogens (tertiary/aromatic N) is 1. The molecule has 0 radical (unpaired) electrons. The van der Waals surface area contributed by atoms with Gasteiger partial charge in [0.25, 0.3) is 8.32 Å². The summed E-state index contributed by atoms with van der Waals surface area (Å²) in [6, 6.07) is 21.4. The van der Waals surface area contributed by atoms with E-state index in [9.17, 15) is 9.00 Å². The summed E-state index contributed by atoms with van der Waals surface area (Å²) in [5.41, 5.74) is 4.69. The minimum Gasteiger partial charge on any atom is -0.463 e. The molecule has 286 valence electrons. The van der Waals surface area contributed by atoms with Gasteiger partial charge in [0.2, 0.25) is 0 Å². The van der Waals surface area contributed by atoms with Crippen molar-refractivity contribution < 1.29 is 22.6 Å². The van der Waals surface area contributed by atoms with Crippen LogP contribution in [0, 0.1) is 0 Å². The zero-order valence-electron chi connectivity index (χ0n) is 34.1. The molecule has 2 aromatic carbocycles. The van der Waals surface area contributed by atoms with Gasteiger partial charge in [-0.1, -0.05) is 114 Å². The van der Waals surface area contributed by atoms with Crippen LogP contribution in [0.15, 0.2) is 95.1 Å². The average Bonchev–Trinajstić information content (AvgIpc) is 3.31.